The van der Waals surface area contributed by atoms with Gasteiger partial charge in [-0.1, -0.05) is 19.8 Å². The second kappa shape index (κ2) is 5.67. The molecule has 92 valence electrons. The van der Waals surface area contributed by atoms with Crippen LogP contribution in [0.4, 0.5) is 0 Å². The van der Waals surface area contributed by atoms with E-state index in [-0.39, 0.29) is 5.91 Å². The molecule has 0 bridgehead atoms. The van der Waals surface area contributed by atoms with Crippen LogP contribution in [-0.4, -0.2) is 25.2 Å². The molecule has 2 unspecified atom stereocenters. The zero-order valence-electron chi connectivity index (χ0n) is 10.2. The van der Waals surface area contributed by atoms with Gasteiger partial charge in [0.05, 0.1) is 12.7 Å². The lowest BCUT2D eigenvalue weighted by atomic mass is 9.88. The summed E-state index contributed by atoms with van der Waals surface area (Å²) < 4.78 is 5.83. The first kappa shape index (κ1) is 11.9. The van der Waals surface area contributed by atoms with Crippen LogP contribution in [0.1, 0.15) is 45.4 Å². The molecule has 0 spiro atoms. The summed E-state index contributed by atoms with van der Waals surface area (Å²) in [6.07, 6.45) is 7.70. The van der Waals surface area contributed by atoms with Crippen LogP contribution in [0.5, 0.6) is 0 Å². The third-order valence-corrected chi connectivity index (χ3v) is 3.71. The van der Waals surface area contributed by atoms with E-state index in [1.165, 1.54) is 25.7 Å². The number of ether oxygens (including phenoxy) is 1. The maximum absolute atomic E-state index is 11.4. The van der Waals surface area contributed by atoms with E-state index in [9.17, 15) is 4.79 Å². The molecule has 0 aromatic carbocycles. The van der Waals surface area contributed by atoms with Crippen molar-refractivity contribution in [2.75, 3.05) is 13.2 Å². The molecule has 2 aliphatic carbocycles. The number of nitrogens with one attached hydrogen (secondary N) is 1. The van der Waals surface area contributed by atoms with Gasteiger partial charge in [-0.2, -0.15) is 0 Å². The van der Waals surface area contributed by atoms with Crippen molar-refractivity contribution in [2.45, 2.75) is 51.6 Å². The van der Waals surface area contributed by atoms with Crippen molar-refractivity contribution >= 4 is 5.91 Å². The van der Waals surface area contributed by atoms with Crippen molar-refractivity contribution in [3.8, 4) is 0 Å². The molecule has 2 saturated carbocycles. The second-order valence-corrected chi connectivity index (χ2v) is 5.24. The summed E-state index contributed by atoms with van der Waals surface area (Å²) in [6, 6.07) is 0. The predicted octanol–water partition coefficient (Wildman–Crippen LogP) is 2.11. The Morgan fingerprint density at radius 2 is 2.00 bits per heavy atom. The van der Waals surface area contributed by atoms with E-state index in [0.29, 0.717) is 31.1 Å². The maximum Gasteiger partial charge on any atom is 0.223 e. The Morgan fingerprint density at radius 3 is 2.69 bits per heavy atom. The van der Waals surface area contributed by atoms with Gasteiger partial charge >= 0.3 is 0 Å². The fraction of sp³-hybridized carbons (Fsp3) is 0.923. The summed E-state index contributed by atoms with van der Waals surface area (Å²) >= 11 is 0. The largest absolute Gasteiger partial charge is 0.376 e. The molecule has 3 nitrogen and oxygen atoms in total. The molecule has 2 atom stereocenters. The Morgan fingerprint density at radius 1 is 1.25 bits per heavy atom. The van der Waals surface area contributed by atoms with Crippen LogP contribution in [0.25, 0.3) is 0 Å². The molecule has 0 heterocycles. The summed E-state index contributed by atoms with van der Waals surface area (Å²) in [5, 5.41) is 2.94. The highest BCUT2D eigenvalue weighted by Crippen LogP contribution is 2.28. The number of rotatable bonds is 5. The van der Waals surface area contributed by atoms with Crippen LogP contribution in [0.2, 0.25) is 0 Å². The SMILES string of the molecule is CC1CCCCC1OCCNC(=O)C1CC1. The molecule has 0 radical (unpaired) electrons. The van der Waals surface area contributed by atoms with Crippen molar-refractivity contribution in [1.82, 2.24) is 5.32 Å². The van der Waals surface area contributed by atoms with Gasteiger partial charge in [0.2, 0.25) is 5.91 Å². The Kier molecular flexibility index (Phi) is 4.22. The normalized spacial score (nSPS) is 30.1. The Labute approximate surface area is 97.9 Å². The van der Waals surface area contributed by atoms with Crippen LogP contribution in [0.3, 0.4) is 0 Å². The second-order valence-electron chi connectivity index (χ2n) is 5.24. The highest BCUT2D eigenvalue weighted by atomic mass is 16.5. The molecular formula is C13H23NO2. The van der Waals surface area contributed by atoms with E-state index in [4.69, 9.17) is 4.74 Å². The Bertz CT molecular complexity index is 238. The molecule has 1 amide bonds. The predicted molar refractivity (Wildman–Crippen MR) is 63.1 cm³/mol. The standard InChI is InChI=1S/C13H23NO2/c1-10-4-2-3-5-12(10)16-9-8-14-13(15)11-6-7-11/h10-12H,2-9H2,1H3,(H,14,15). The summed E-state index contributed by atoms with van der Waals surface area (Å²) in [5.74, 6) is 1.22. The highest BCUT2D eigenvalue weighted by molar-refractivity contribution is 5.80. The molecule has 2 rings (SSSR count). The minimum atomic E-state index is 0.222. The van der Waals surface area contributed by atoms with Gasteiger partial charge in [0.1, 0.15) is 0 Å². The number of hydrogen-bond donors (Lipinski definition) is 1. The minimum absolute atomic E-state index is 0.222. The lowest BCUT2D eigenvalue weighted by Crippen LogP contribution is -2.32. The molecule has 0 aromatic heterocycles. The first-order chi connectivity index (χ1) is 7.77. The molecule has 1 N–H and O–H groups in total. The molecule has 2 aliphatic rings. The van der Waals surface area contributed by atoms with Gasteiger partial charge < -0.3 is 10.1 Å². The zero-order valence-corrected chi connectivity index (χ0v) is 10.2. The van der Waals surface area contributed by atoms with Gasteiger partial charge in [-0.15, -0.1) is 0 Å². The maximum atomic E-state index is 11.4. The van der Waals surface area contributed by atoms with Crippen LogP contribution in [0.15, 0.2) is 0 Å². The third kappa shape index (κ3) is 3.48. The van der Waals surface area contributed by atoms with Crippen molar-refractivity contribution in [1.29, 1.82) is 0 Å². The van der Waals surface area contributed by atoms with Gasteiger partial charge in [0, 0.05) is 12.5 Å². The quantitative estimate of drug-likeness (QED) is 0.728. The Balaban J connectivity index is 1.54. The number of carbonyl (C=O) groups is 1. The minimum Gasteiger partial charge on any atom is -0.376 e. The molecule has 0 aliphatic heterocycles. The van der Waals surface area contributed by atoms with Gasteiger partial charge in [-0.05, 0) is 31.6 Å². The lowest BCUT2D eigenvalue weighted by Gasteiger charge is -2.28. The topological polar surface area (TPSA) is 38.3 Å². The van der Waals surface area contributed by atoms with Crippen LogP contribution < -0.4 is 5.32 Å². The van der Waals surface area contributed by atoms with Crippen molar-refractivity contribution in [2.24, 2.45) is 11.8 Å². The molecule has 0 saturated heterocycles. The van der Waals surface area contributed by atoms with Crippen LogP contribution >= 0.6 is 0 Å². The average Bonchev–Trinajstić information content (AvgIpc) is 3.10. The Hall–Kier alpha value is -0.570. The molecule has 0 aromatic rings. The van der Waals surface area contributed by atoms with E-state index in [1.807, 2.05) is 0 Å². The average molecular weight is 225 g/mol. The molecule has 3 heteroatoms. The van der Waals surface area contributed by atoms with Gasteiger partial charge in [0.25, 0.3) is 0 Å². The first-order valence-corrected chi connectivity index (χ1v) is 6.66. The fourth-order valence-electron chi connectivity index (χ4n) is 2.40. The van der Waals surface area contributed by atoms with Crippen LogP contribution in [0, 0.1) is 11.8 Å². The molecule has 2 fully saturated rings. The fourth-order valence-corrected chi connectivity index (χ4v) is 2.40. The summed E-state index contributed by atoms with van der Waals surface area (Å²) in [4.78, 5) is 11.4. The van der Waals surface area contributed by atoms with E-state index in [1.54, 1.807) is 0 Å². The van der Waals surface area contributed by atoms with Gasteiger partial charge in [-0.25, -0.2) is 0 Å². The monoisotopic (exact) mass is 225 g/mol. The van der Waals surface area contributed by atoms with E-state index in [0.717, 1.165) is 12.8 Å². The van der Waals surface area contributed by atoms with E-state index in [2.05, 4.69) is 12.2 Å². The van der Waals surface area contributed by atoms with Crippen LogP contribution in [-0.2, 0) is 9.53 Å². The smallest absolute Gasteiger partial charge is 0.223 e. The first-order valence-electron chi connectivity index (χ1n) is 6.66. The summed E-state index contributed by atoms with van der Waals surface area (Å²) in [7, 11) is 0. The van der Waals surface area contributed by atoms with Gasteiger partial charge in [-0.3, -0.25) is 4.79 Å². The highest BCUT2D eigenvalue weighted by Gasteiger charge is 2.29. The number of hydrogen-bond acceptors (Lipinski definition) is 2. The molecular weight excluding hydrogens is 202 g/mol. The van der Waals surface area contributed by atoms with E-state index < -0.39 is 0 Å². The zero-order chi connectivity index (χ0) is 11.4. The van der Waals surface area contributed by atoms with Crippen molar-refractivity contribution in [3.05, 3.63) is 0 Å². The van der Waals surface area contributed by atoms with Crippen molar-refractivity contribution < 1.29 is 9.53 Å². The summed E-state index contributed by atoms with van der Waals surface area (Å²) in [5.41, 5.74) is 0. The third-order valence-electron chi connectivity index (χ3n) is 3.71. The number of amides is 1. The van der Waals surface area contributed by atoms with Gasteiger partial charge in [0.15, 0.2) is 0 Å². The van der Waals surface area contributed by atoms with E-state index >= 15 is 0 Å². The lowest BCUT2D eigenvalue weighted by molar-refractivity contribution is -0.122. The summed E-state index contributed by atoms with van der Waals surface area (Å²) in [6.45, 7) is 3.62. The van der Waals surface area contributed by atoms with Crippen molar-refractivity contribution in [3.63, 3.8) is 0 Å². The molecule has 16 heavy (non-hydrogen) atoms. The number of carbonyl (C=O) groups excluding carboxylic acids is 1.